The Kier molecular flexibility index (Phi) is 5.72. The number of amides is 1. The van der Waals surface area contributed by atoms with Crippen molar-refractivity contribution < 1.29 is 14.3 Å². The fourth-order valence-electron chi connectivity index (χ4n) is 1.92. The highest BCUT2D eigenvalue weighted by Crippen LogP contribution is 2.15. The maximum Gasteiger partial charge on any atom is 0.310 e. The van der Waals surface area contributed by atoms with Crippen LogP contribution in [0, 0.1) is 6.92 Å². The summed E-state index contributed by atoms with van der Waals surface area (Å²) >= 11 is 3.32. The number of aryl methyl sites for hydroxylation is 1. The summed E-state index contributed by atoms with van der Waals surface area (Å²) in [7, 11) is 0. The normalized spacial score (nSPS) is 10.1. The minimum atomic E-state index is -0.418. The fourth-order valence-corrected chi connectivity index (χ4v) is 2.32. The summed E-state index contributed by atoms with van der Waals surface area (Å²) in [5.41, 5.74) is 2.58. The van der Waals surface area contributed by atoms with Crippen LogP contribution in [0.2, 0.25) is 0 Å². The quantitative estimate of drug-likeness (QED) is 0.829. The van der Waals surface area contributed by atoms with Crippen LogP contribution in [0.1, 0.15) is 11.1 Å². The van der Waals surface area contributed by atoms with Crippen LogP contribution in [0.5, 0.6) is 0 Å². The molecule has 0 unspecified atom stereocenters. The molecule has 0 heterocycles. The van der Waals surface area contributed by atoms with Crippen LogP contribution in [0.4, 0.5) is 5.69 Å². The lowest BCUT2D eigenvalue weighted by Crippen LogP contribution is -2.21. The van der Waals surface area contributed by atoms with Crippen molar-refractivity contribution in [2.45, 2.75) is 13.3 Å². The maximum atomic E-state index is 11.8. The number of carbonyl (C=O) groups is 2. The first-order chi connectivity index (χ1) is 10.5. The SMILES string of the molecule is Cc1ccccc1CC(=O)OCC(=O)Nc1cccc(Br)c1. The second-order valence-corrected chi connectivity index (χ2v) is 5.74. The number of hydrogen-bond acceptors (Lipinski definition) is 3. The summed E-state index contributed by atoms with van der Waals surface area (Å²) < 4.78 is 5.87. The van der Waals surface area contributed by atoms with E-state index < -0.39 is 5.97 Å². The van der Waals surface area contributed by atoms with E-state index in [1.54, 1.807) is 12.1 Å². The van der Waals surface area contributed by atoms with Crippen LogP contribution in [0.3, 0.4) is 0 Å². The van der Waals surface area contributed by atoms with E-state index in [4.69, 9.17) is 4.74 Å². The van der Waals surface area contributed by atoms with Crippen molar-refractivity contribution in [3.05, 3.63) is 64.1 Å². The summed E-state index contributed by atoms with van der Waals surface area (Å²) in [6, 6.07) is 14.8. The van der Waals surface area contributed by atoms with Gasteiger partial charge in [-0.2, -0.15) is 0 Å². The average Bonchev–Trinajstić information content (AvgIpc) is 2.48. The molecule has 1 amide bonds. The van der Waals surface area contributed by atoms with Crippen molar-refractivity contribution in [1.82, 2.24) is 0 Å². The van der Waals surface area contributed by atoms with E-state index in [0.29, 0.717) is 5.69 Å². The Balaban J connectivity index is 1.81. The third kappa shape index (κ3) is 5.00. The molecule has 0 radical (unpaired) electrons. The van der Waals surface area contributed by atoms with Crippen molar-refractivity contribution >= 4 is 33.5 Å². The summed E-state index contributed by atoms with van der Waals surface area (Å²) in [6.45, 7) is 1.64. The zero-order valence-electron chi connectivity index (χ0n) is 12.1. The second kappa shape index (κ2) is 7.75. The van der Waals surface area contributed by atoms with Crippen molar-refractivity contribution in [1.29, 1.82) is 0 Å². The summed E-state index contributed by atoms with van der Waals surface area (Å²) in [4.78, 5) is 23.5. The summed E-state index contributed by atoms with van der Waals surface area (Å²) in [5, 5.41) is 2.67. The number of esters is 1. The van der Waals surface area contributed by atoms with E-state index in [0.717, 1.165) is 15.6 Å². The minimum Gasteiger partial charge on any atom is -0.455 e. The fraction of sp³-hybridized carbons (Fsp3) is 0.176. The molecule has 0 atom stereocenters. The van der Waals surface area contributed by atoms with Crippen LogP contribution >= 0.6 is 15.9 Å². The summed E-state index contributed by atoms with van der Waals surface area (Å²) in [5.74, 6) is -0.782. The number of nitrogens with one attached hydrogen (secondary N) is 1. The van der Waals surface area contributed by atoms with Crippen molar-refractivity contribution in [3.63, 3.8) is 0 Å². The zero-order chi connectivity index (χ0) is 15.9. The molecule has 2 aromatic rings. The molecule has 0 fully saturated rings. The Labute approximate surface area is 137 Å². The van der Waals surface area contributed by atoms with Crippen molar-refractivity contribution in [3.8, 4) is 0 Å². The van der Waals surface area contributed by atoms with Gasteiger partial charge in [0.25, 0.3) is 5.91 Å². The Morgan fingerprint density at radius 3 is 2.64 bits per heavy atom. The molecule has 1 N–H and O–H groups in total. The molecule has 0 spiro atoms. The third-order valence-electron chi connectivity index (χ3n) is 3.07. The molecule has 114 valence electrons. The molecule has 0 aliphatic carbocycles. The monoisotopic (exact) mass is 361 g/mol. The number of benzene rings is 2. The van der Waals surface area contributed by atoms with E-state index in [1.807, 2.05) is 43.3 Å². The first-order valence-electron chi connectivity index (χ1n) is 6.80. The van der Waals surface area contributed by atoms with Crippen molar-refractivity contribution in [2.24, 2.45) is 0 Å². The minimum absolute atomic E-state index is 0.164. The molecule has 0 bridgehead atoms. The van der Waals surface area contributed by atoms with Gasteiger partial charge in [-0.25, -0.2) is 0 Å². The molecular formula is C17H16BrNO3. The molecule has 0 saturated carbocycles. The molecule has 0 aliphatic rings. The predicted molar refractivity (Wildman–Crippen MR) is 88.6 cm³/mol. The Morgan fingerprint density at radius 1 is 1.14 bits per heavy atom. The number of ether oxygens (including phenoxy) is 1. The Hall–Kier alpha value is -2.14. The van der Waals surface area contributed by atoms with Gasteiger partial charge in [-0.15, -0.1) is 0 Å². The van der Waals surface area contributed by atoms with Crippen LogP contribution in [0.25, 0.3) is 0 Å². The van der Waals surface area contributed by atoms with Gasteiger partial charge in [-0.3, -0.25) is 9.59 Å². The summed E-state index contributed by atoms with van der Waals surface area (Å²) in [6.07, 6.45) is 0.164. The lowest BCUT2D eigenvalue weighted by atomic mass is 10.1. The first-order valence-corrected chi connectivity index (χ1v) is 7.59. The largest absolute Gasteiger partial charge is 0.455 e. The van der Waals surface area contributed by atoms with Crippen LogP contribution in [-0.4, -0.2) is 18.5 Å². The van der Waals surface area contributed by atoms with E-state index in [9.17, 15) is 9.59 Å². The molecule has 0 aliphatic heterocycles. The zero-order valence-corrected chi connectivity index (χ0v) is 13.7. The van der Waals surface area contributed by atoms with Crippen molar-refractivity contribution in [2.75, 3.05) is 11.9 Å². The molecule has 0 aromatic heterocycles. The van der Waals surface area contributed by atoms with Gasteiger partial charge in [0.1, 0.15) is 0 Å². The van der Waals surface area contributed by atoms with Gasteiger partial charge < -0.3 is 10.1 Å². The Bertz CT molecular complexity index is 685. The standard InChI is InChI=1S/C17H16BrNO3/c1-12-5-2-3-6-13(12)9-17(21)22-11-16(20)19-15-8-4-7-14(18)10-15/h2-8,10H,9,11H2,1H3,(H,19,20). The predicted octanol–water partition coefficient (Wildman–Crippen LogP) is 3.48. The molecule has 0 saturated heterocycles. The number of rotatable bonds is 5. The highest BCUT2D eigenvalue weighted by Gasteiger charge is 2.10. The lowest BCUT2D eigenvalue weighted by Gasteiger charge is -2.08. The number of hydrogen-bond donors (Lipinski definition) is 1. The second-order valence-electron chi connectivity index (χ2n) is 4.82. The maximum absolute atomic E-state index is 11.8. The van der Waals surface area contributed by atoms with Gasteiger partial charge in [0.15, 0.2) is 6.61 Å². The average molecular weight is 362 g/mol. The van der Waals surface area contributed by atoms with E-state index in [1.165, 1.54) is 0 Å². The molecular weight excluding hydrogens is 346 g/mol. The highest BCUT2D eigenvalue weighted by atomic mass is 79.9. The van der Waals surface area contributed by atoms with Crippen LogP contribution in [0.15, 0.2) is 53.0 Å². The molecule has 2 aromatic carbocycles. The van der Waals surface area contributed by atoms with E-state index >= 15 is 0 Å². The number of halogens is 1. The number of anilines is 1. The van der Waals surface area contributed by atoms with Crippen LogP contribution < -0.4 is 5.32 Å². The topological polar surface area (TPSA) is 55.4 Å². The van der Waals surface area contributed by atoms with Crippen LogP contribution in [-0.2, 0) is 20.7 Å². The lowest BCUT2D eigenvalue weighted by molar-refractivity contribution is -0.146. The van der Waals surface area contributed by atoms with Gasteiger partial charge >= 0.3 is 5.97 Å². The smallest absolute Gasteiger partial charge is 0.310 e. The van der Waals surface area contributed by atoms with E-state index in [-0.39, 0.29) is 18.9 Å². The molecule has 2 rings (SSSR count). The third-order valence-corrected chi connectivity index (χ3v) is 3.56. The molecule has 4 nitrogen and oxygen atoms in total. The van der Waals surface area contributed by atoms with E-state index in [2.05, 4.69) is 21.2 Å². The van der Waals surface area contributed by atoms with Gasteiger partial charge in [0.2, 0.25) is 0 Å². The highest BCUT2D eigenvalue weighted by molar-refractivity contribution is 9.10. The number of carbonyl (C=O) groups excluding carboxylic acids is 2. The Morgan fingerprint density at radius 2 is 1.91 bits per heavy atom. The van der Waals surface area contributed by atoms with Gasteiger partial charge in [0, 0.05) is 10.2 Å². The first kappa shape index (κ1) is 16.2. The van der Waals surface area contributed by atoms with Gasteiger partial charge in [-0.05, 0) is 36.2 Å². The molecule has 5 heteroatoms. The molecule has 22 heavy (non-hydrogen) atoms. The van der Waals surface area contributed by atoms with Gasteiger partial charge in [0.05, 0.1) is 6.42 Å². The van der Waals surface area contributed by atoms with Gasteiger partial charge in [-0.1, -0.05) is 46.3 Å².